The zero-order chi connectivity index (χ0) is 19.1. The predicted octanol–water partition coefficient (Wildman–Crippen LogP) is 3.39. The second-order valence-electron chi connectivity index (χ2n) is 9.56. The first-order valence-electron chi connectivity index (χ1n) is 10.5. The summed E-state index contributed by atoms with van der Waals surface area (Å²) in [5.74, 6) is 1.03. The van der Waals surface area contributed by atoms with Gasteiger partial charge in [0.1, 0.15) is 5.60 Å². The first-order valence-corrected chi connectivity index (χ1v) is 10.5. The van der Waals surface area contributed by atoms with Gasteiger partial charge in [0.15, 0.2) is 0 Å². The maximum Gasteiger partial charge on any atom is 0.202 e. The van der Waals surface area contributed by atoms with Crippen molar-refractivity contribution in [2.45, 2.75) is 70.8 Å². The first-order chi connectivity index (χ1) is 12.9. The molecule has 27 heavy (non-hydrogen) atoms. The van der Waals surface area contributed by atoms with E-state index < -0.39 is 5.79 Å². The molecule has 5 rings (SSSR count). The maximum atomic E-state index is 6.14. The molecule has 152 valence electrons. The molecular weight excluding hydrogens is 342 g/mol. The summed E-state index contributed by atoms with van der Waals surface area (Å²) in [6.45, 7) is 9.66. The molecule has 1 spiro atoms. The lowest BCUT2D eigenvalue weighted by Crippen LogP contribution is -2.67. The molecule has 4 fully saturated rings. The molecule has 2 bridgehead atoms. The number of aromatic nitrogens is 2. The van der Waals surface area contributed by atoms with Crippen LogP contribution in [0.3, 0.4) is 0 Å². The number of hydrogen-bond donors (Lipinski definition) is 1. The lowest BCUT2D eigenvalue weighted by atomic mass is 9.43. The van der Waals surface area contributed by atoms with Gasteiger partial charge in [0.2, 0.25) is 5.79 Å². The van der Waals surface area contributed by atoms with Crippen LogP contribution in [-0.2, 0) is 21.1 Å². The molecule has 0 radical (unpaired) electrons. The van der Waals surface area contributed by atoms with Crippen LogP contribution < -0.4 is 5.32 Å². The van der Waals surface area contributed by atoms with Crippen LogP contribution in [0, 0.1) is 23.2 Å². The number of imidazole rings is 1. The number of fused-ring (bicyclic) bond motifs is 1. The maximum absolute atomic E-state index is 6.14. The van der Waals surface area contributed by atoms with Gasteiger partial charge in [-0.1, -0.05) is 13.8 Å². The summed E-state index contributed by atoms with van der Waals surface area (Å²) < 4.78 is 7.86. The Morgan fingerprint density at radius 2 is 2.15 bits per heavy atom. The molecule has 1 N–H and O–H groups in total. The van der Waals surface area contributed by atoms with Crippen LogP contribution >= 0.6 is 0 Å². The summed E-state index contributed by atoms with van der Waals surface area (Å²) in [5, 5.41) is 3.63. The third-order valence-electron chi connectivity index (χ3n) is 7.85. The third kappa shape index (κ3) is 3.35. The molecule has 3 saturated carbocycles. The van der Waals surface area contributed by atoms with Crippen molar-refractivity contribution in [3.8, 4) is 0 Å². The number of rotatable bonds is 7. The number of aryl methyl sites for hydroxylation is 1. The second-order valence-corrected chi connectivity index (χ2v) is 9.56. The third-order valence-corrected chi connectivity index (χ3v) is 7.85. The fraction of sp³-hybridized carbons (Fsp3) is 0.857. The molecule has 1 aliphatic heterocycles. The van der Waals surface area contributed by atoms with E-state index >= 15 is 0 Å². The molecule has 1 aromatic heterocycles. The van der Waals surface area contributed by atoms with Crippen molar-refractivity contribution >= 4 is 0 Å². The van der Waals surface area contributed by atoms with E-state index in [9.17, 15) is 0 Å². The van der Waals surface area contributed by atoms with Crippen LogP contribution in [0.2, 0.25) is 0 Å². The molecule has 2 heterocycles. The highest BCUT2D eigenvalue weighted by atomic mass is 17.2. The standard InChI is InChI=1S/C21H35N3O3/c1-19(2)16-6-7-21(18(19)12-16)13-17(20(3,25-4)26-27-21)14-22-8-5-10-24-11-9-23-15-24/h9,11,15-18,22H,5-8,10,12-14H2,1-4H3/t16-,17-,18+,20-,21?/m0/s1. The van der Waals surface area contributed by atoms with Crippen molar-refractivity contribution in [2.24, 2.45) is 23.2 Å². The largest absolute Gasteiger partial charge is 0.351 e. The Hall–Kier alpha value is -0.950. The molecule has 0 amide bonds. The molecule has 5 atom stereocenters. The van der Waals surface area contributed by atoms with E-state index in [1.165, 1.54) is 12.8 Å². The fourth-order valence-electron chi connectivity index (χ4n) is 5.75. The minimum Gasteiger partial charge on any atom is -0.351 e. The van der Waals surface area contributed by atoms with Crippen molar-refractivity contribution in [2.75, 3.05) is 20.2 Å². The van der Waals surface area contributed by atoms with E-state index in [1.807, 2.05) is 25.6 Å². The Kier molecular flexibility index (Phi) is 5.12. The van der Waals surface area contributed by atoms with Gasteiger partial charge < -0.3 is 14.6 Å². The average Bonchev–Trinajstić information content (AvgIpc) is 3.18. The molecule has 1 saturated heterocycles. The Morgan fingerprint density at radius 3 is 2.81 bits per heavy atom. The minimum absolute atomic E-state index is 0.139. The van der Waals surface area contributed by atoms with Gasteiger partial charge >= 0.3 is 0 Å². The minimum atomic E-state index is -0.687. The number of nitrogens with one attached hydrogen (secondary N) is 1. The van der Waals surface area contributed by atoms with Crippen LogP contribution in [0.4, 0.5) is 0 Å². The summed E-state index contributed by atoms with van der Waals surface area (Å²) in [6, 6.07) is 0. The highest BCUT2D eigenvalue weighted by Crippen LogP contribution is 2.66. The molecule has 6 heteroatoms. The van der Waals surface area contributed by atoms with Crippen molar-refractivity contribution in [3.05, 3.63) is 18.7 Å². The van der Waals surface area contributed by atoms with Gasteiger partial charge in [0.05, 0.1) is 6.33 Å². The Balaban J connectivity index is 1.35. The average molecular weight is 378 g/mol. The van der Waals surface area contributed by atoms with Crippen molar-refractivity contribution in [1.29, 1.82) is 0 Å². The zero-order valence-electron chi connectivity index (χ0n) is 17.2. The SMILES string of the molecule is CO[C@@]1(C)OOC2(CC[C@H]3C[C@@H]2C3(C)C)C[C@H]1CNCCCn1ccnc1. The van der Waals surface area contributed by atoms with Crippen molar-refractivity contribution in [3.63, 3.8) is 0 Å². The Bertz CT molecular complexity index is 633. The van der Waals surface area contributed by atoms with Crippen LogP contribution in [0.1, 0.15) is 52.9 Å². The van der Waals surface area contributed by atoms with Gasteiger partial charge in [-0.05, 0) is 62.8 Å². The van der Waals surface area contributed by atoms with E-state index in [0.717, 1.165) is 44.8 Å². The normalized spacial score (nSPS) is 40.1. The van der Waals surface area contributed by atoms with Gasteiger partial charge in [0.25, 0.3) is 0 Å². The van der Waals surface area contributed by atoms with Crippen molar-refractivity contribution in [1.82, 2.24) is 14.9 Å². The Morgan fingerprint density at radius 1 is 1.30 bits per heavy atom. The number of nitrogens with zero attached hydrogens (tertiary/aromatic N) is 2. The highest BCUT2D eigenvalue weighted by Gasteiger charge is 2.65. The Labute approximate surface area is 162 Å². The first kappa shape index (κ1) is 19.4. The number of ether oxygens (including phenoxy) is 1. The van der Waals surface area contributed by atoms with E-state index in [2.05, 4.69) is 28.7 Å². The monoisotopic (exact) mass is 377 g/mol. The van der Waals surface area contributed by atoms with E-state index in [-0.39, 0.29) is 11.5 Å². The number of methoxy groups -OCH3 is 1. The lowest BCUT2D eigenvalue weighted by Gasteiger charge is -2.66. The fourth-order valence-corrected chi connectivity index (χ4v) is 5.75. The lowest BCUT2D eigenvalue weighted by molar-refractivity contribution is -0.519. The topological polar surface area (TPSA) is 57.5 Å². The molecular formula is C21H35N3O3. The summed E-state index contributed by atoms with van der Waals surface area (Å²) >= 11 is 0. The molecule has 6 nitrogen and oxygen atoms in total. The predicted molar refractivity (Wildman–Crippen MR) is 103 cm³/mol. The molecule has 1 unspecified atom stereocenters. The number of hydrogen-bond acceptors (Lipinski definition) is 5. The molecule has 0 aromatic carbocycles. The van der Waals surface area contributed by atoms with Gasteiger partial charge in [-0.15, -0.1) is 0 Å². The summed E-state index contributed by atoms with van der Waals surface area (Å²) in [5.41, 5.74) is 0.227. The summed E-state index contributed by atoms with van der Waals surface area (Å²) in [4.78, 5) is 16.2. The van der Waals surface area contributed by atoms with Gasteiger partial charge in [0, 0.05) is 38.5 Å². The van der Waals surface area contributed by atoms with Gasteiger partial charge in [-0.2, -0.15) is 0 Å². The van der Waals surface area contributed by atoms with Gasteiger partial charge in [-0.3, -0.25) is 0 Å². The van der Waals surface area contributed by atoms with Crippen LogP contribution in [-0.4, -0.2) is 41.1 Å². The van der Waals surface area contributed by atoms with Crippen LogP contribution in [0.15, 0.2) is 18.7 Å². The second kappa shape index (κ2) is 7.14. The van der Waals surface area contributed by atoms with Crippen LogP contribution in [0.25, 0.3) is 0 Å². The smallest absolute Gasteiger partial charge is 0.202 e. The van der Waals surface area contributed by atoms with Gasteiger partial charge in [-0.25, -0.2) is 14.8 Å². The quantitative estimate of drug-likeness (QED) is 0.583. The van der Waals surface area contributed by atoms with E-state index in [1.54, 1.807) is 7.11 Å². The molecule has 3 aliphatic carbocycles. The highest BCUT2D eigenvalue weighted by molar-refractivity contribution is 5.12. The zero-order valence-corrected chi connectivity index (χ0v) is 17.2. The van der Waals surface area contributed by atoms with Crippen LogP contribution in [0.5, 0.6) is 0 Å². The molecule has 4 aliphatic rings. The van der Waals surface area contributed by atoms with E-state index in [4.69, 9.17) is 14.5 Å². The summed E-state index contributed by atoms with van der Waals surface area (Å²) in [7, 11) is 1.72. The molecule has 1 aromatic rings. The van der Waals surface area contributed by atoms with Crippen molar-refractivity contribution < 1.29 is 14.5 Å². The van der Waals surface area contributed by atoms with E-state index in [0.29, 0.717) is 11.3 Å². The summed E-state index contributed by atoms with van der Waals surface area (Å²) in [6.07, 6.45) is 11.4.